The van der Waals surface area contributed by atoms with Crippen LogP contribution in [0.1, 0.15) is 24.8 Å². The highest BCUT2D eigenvalue weighted by atomic mass is 19.1. The van der Waals surface area contributed by atoms with Crippen LogP contribution in [0.5, 0.6) is 0 Å². The highest BCUT2D eigenvalue weighted by Gasteiger charge is 2.58. The van der Waals surface area contributed by atoms with Crippen LogP contribution in [0.4, 0.5) is 4.39 Å². The smallest absolute Gasteiger partial charge is 0.310 e. The lowest BCUT2D eigenvalue weighted by atomic mass is 9.59. The van der Waals surface area contributed by atoms with Crippen molar-refractivity contribution in [2.75, 3.05) is 6.54 Å². The normalized spacial score (nSPS) is 32.0. The second-order valence-corrected chi connectivity index (χ2v) is 6.13. The zero-order valence-electron chi connectivity index (χ0n) is 11.7. The van der Waals surface area contributed by atoms with Crippen LogP contribution in [0.2, 0.25) is 0 Å². The lowest BCUT2D eigenvalue weighted by molar-refractivity contribution is -0.165. The minimum absolute atomic E-state index is 0.0354. The zero-order valence-corrected chi connectivity index (χ0v) is 11.7. The summed E-state index contributed by atoms with van der Waals surface area (Å²) < 4.78 is 13.2. The van der Waals surface area contributed by atoms with Gasteiger partial charge in [-0.3, -0.25) is 9.59 Å². The van der Waals surface area contributed by atoms with E-state index in [0.29, 0.717) is 13.1 Å². The Morgan fingerprint density at radius 1 is 1.33 bits per heavy atom. The summed E-state index contributed by atoms with van der Waals surface area (Å²) >= 11 is 0. The van der Waals surface area contributed by atoms with Crippen LogP contribution in [0, 0.1) is 11.3 Å². The number of benzene rings is 1. The van der Waals surface area contributed by atoms with Crippen LogP contribution in [-0.4, -0.2) is 34.6 Å². The van der Waals surface area contributed by atoms with Gasteiger partial charge in [-0.2, -0.15) is 0 Å². The van der Waals surface area contributed by atoms with Crippen LogP contribution in [0.25, 0.3) is 0 Å². The molecular weight excluding hydrogens is 273 g/mol. The molecule has 2 aliphatic rings. The van der Waals surface area contributed by atoms with Crippen LogP contribution >= 0.6 is 0 Å². The summed E-state index contributed by atoms with van der Waals surface area (Å²) in [5.74, 6) is -1.28. The molecule has 1 atom stereocenters. The van der Waals surface area contributed by atoms with Gasteiger partial charge in [-0.05, 0) is 18.4 Å². The van der Waals surface area contributed by atoms with Gasteiger partial charge in [-0.15, -0.1) is 0 Å². The SMILES string of the molecule is O=C1CC(C2(C(=O)O)CC(F)C2)CN1Cc1ccccc1. The number of amides is 1. The second-order valence-electron chi connectivity index (χ2n) is 6.13. The summed E-state index contributed by atoms with van der Waals surface area (Å²) in [7, 11) is 0. The summed E-state index contributed by atoms with van der Waals surface area (Å²) in [6.45, 7) is 0.900. The van der Waals surface area contributed by atoms with Gasteiger partial charge in [0, 0.05) is 25.4 Å². The molecule has 21 heavy (non-hydrogen) atoms. The molecule has 1 saturated carbocycles. The molecule has 1 amide bonds. The van der Waals surface area contributed by atoms with Crippen LogP contribution in [-0.2, 0) is 16.1 Å². The molecule has 0 radical (unpaired) electrons. The van der Waals surface area contributed by atoms with Gasteiger partial charge in [-0.1, -0.05) is 30.3 Å². The molecule has 1 saturated heterocycles. The van der Waals surface area contributed by atoms with E-state index in [9.17, 15) is 19.1 Å². The Balaban J connectivity index is 1.71. The molecule has 0 bridgehead atoms. The highest BCUT2D eigenvalue weighted by molar-refractivity contribution is 5.83. The Morgan fingerprint density at radius 2 is 2.00 bits per heavy atom. The Kier molecular flexibility index (Phi) is 3.43. The number of hydrogen-bond acceptors (Lipinski definition) is 2. The number of carbonyl (C=O) groups excluding carboxylic acids is 1. The fraction of sp³-hybridized carbons (Fsp3) is 0.500. The van der Waals surface area contributed by atoms with Crippen molar-refractivity contribution in [2.45, 2.75) is 32.0 Å². The molecule has 1 heterocycles. The number of hydrogen-bond donors (Lipinski definition) is 1. The first-order valence-electron chi connectivity index (χ1n) is 7.20. The van der Waals surface area contributed by atoms with Crippen LogP contribution in [0.3, 0.4) is 0 Å². The molecule has 2 fully saturated rings. The monoisotopic (exact) mass is 291 g/mol. The van der Waals surface area contributed by atoms with E-state index in [1.165, 1.54) is 0 Å². The predicted molar refractivity (Wildman–Crippen MR) is 74.2 cm³/mol. The van der Waals surface area contributed by atoms with Gasteiger partial charge in [0.1, 0.15) is 6.17 Å². The van der Waals surface area contributed by atoms with E-state index < -0.39 is 17.6 Å². The first-order chi connectivity index (χ1) is 10.0. The molecule has 5 heteroatoms. The average molecular weight is 291 g/mol. The van der Waals surface area contributed by atoms with E-state index in [4.69, 9.17) is 0 Å². The average Bonchev–Trinajstić information content (AvgIpc) is 2.77. The standard InChI is InChI=1S/C16H18FNO3/c17-13-7-16(8-13,15(20)21)12-6-14(19)18(10-12)9-11-4-2-1-3-5-11/h1-5,12-13H,6-10H2,(H,20,21). The number of aliphatic carboxylic acids is 1. The Bertz CT molecular complexity index is 554. The number of likely N-dealkylation sites (tertiary alicyclic amines) is 1. The summed E-state index contributed by atoms with van der Waals surface area (Å²) in [6.07, 6.45) is -0.746. The molecule has 1 aliphatic heterocycles. The van der Waals surface area contributed by atoms with Gasteiger partial charge < -0.3 is 10.0 Å². The number of carbonyl (C=O) groups is 2. The van der Waals surface area contributed by atoms with Crippen molar-refractivity contribution in [3.05, 3.63) is 35.9 Å². The molecular formula is C16H18FNO3. The summed E-state index contributed by atoms with van der Waals surface area (Å²) in [5.41, 5.74) is -0.0200. The van der Waals surface area contributed by atoms with E-state index in [0.717, 1.165) is 5.56 Å². The number of carboxylic acid groups (broad SMARTS) is 1. The van der Waals surface area contributed by atoms with E-state index in [1.54, 1.807) is 4.90 Å². The Labute approximate surface area is 122 Å². The van der Waals surface area contributed by atoms with Gasteiger partial charge in [0.2, 0.25) is 5.91 Å². The van der Waals surface area contributed by atoms with Crippen molar-refractivity contribution >= 4 is 11.9 Å². The molecule has 1 aliphatic carbocycles. The second kappa shape index (κ2) is 5.13. The van der Waals surface area contributed by atoms with Crippen molar-refractivity contribution in [3.8, 4) is 0 Å². The number of carboxylic acids is 1. The van der Waals surface area contributed by atoms with E-state index in [-0.39, 0.29) is 31.1 Å². The summed E-state index contributed by atoms with van der Waals surface area (Å²) in [6, 6.07) is 9.60. The van der Waals surface area contributed by atoms with Gasteiger partial charge >= 0.3 is 5.97 Å². The minimum Gasteiger partial charge on any atom is -0.481 e. The van der Waals surface area contributed by atoms with Crippen molar-refractivity contribution in [3.63, 3.8) is 0 Å². The maximum absolute atomic E-state index is 13.2. The third-order valence-electron chi connectivity index (χ3n) is 4.81. The van der Waals surface area contributed by atoms with Crippen LogP contribution in [0.15, 0.2) is 30.3 Å². The Morgan fingerprint density at radius 3 is 2.57 bits per heavy atom. The molecule has 3 rings (SSSR count). The molecule has 0 aromatic heterocycles. The van der Waals surface area contributed by atoms with Gasteiger partial charge in [0.15, 0.2) is 0 Å². The lowest BCUT2D eigenvalue weighted by Crippen LogP contribution is -2.51. The highest BCUT2D eigenvalue weighted by Crippen LogP contribution is 2.52. The van der Waals surface area contributed by atoms with Gasteiger partial charge in [0.05, 0.1) is 5.41 Å². The predicted octanol–water partition coefficient (Wildman–Crippen LogP) is 2.24. The molecule has 1 unspecified atom stereocenters. The van der Waals surface area contributed by atoms with Crippen molar-refractivity contribution in [1.82, 2.24) is 4.90 Å². The van der Waals surface area contributed by atoms with E-state index >= 15 is 0 Å². The summed E-state index contributed by atoms with van der Waals surface area (Å²) in [5, 5.41) is 9.43. The van der Waals surface area contributed by atoms with Gasteiger partial charge in [-0.25, -0.2) is 4.39 Å². The first-order valence-corrected chi connectivity index (χ1v) is 7.20. The maximum Gasteiger partial charge on any atom is 0.310 e. The minimum atomic E-state index is -1.04. The van der Waals surface area contributed by atoms with E-state index in [1.807, 2.05) is 30.3 Å². The van der Waals surface area contributed by atoms with Gasteiger partial charge in [0.25, 0.3) is 0 Å². The molecule has 1 aromatic carbocycles. The fourth-order valence-electron chi connectivity index (χ4n) is 3.51. The molecule has 1 aromatic rings. The molecule has 0 spiro atoms. The first kappa shape index (κ1) is 14.0. The maximum atomic E-state index is 13.2. The number of rotatable bonds is 4. The third-order valence-corrected chi connectivity index (χ3v) is 4.81. The number of halogens is 1. The van der Waals surface area contributed by atoms with Crippen LogP contribution < -0.4 is 0 Å². The van der Waals surface area contributed by atoms with Crippen molar-refractivity contribution in [2.24, 2.45) is 11.3 Å². The quantitative estimate of drug-likeness (QED) is 0.925. The molecule has 1 N–H and O–H groups in total. The van der Waals surface area contributed by atoms with Crippen molar-refractivity contribution < 1.29 is 19.1 Å². The summed E-state index contributed by atoms with van der Waals surface area (Å²) in [4.78, 5) is 25.3. The number of nitrogens with zero attached hydrogens (tertiary/aromatic N) is 1. The topological polar surface area (TPSA) is 57.6 Å². The fourth-order valence-corrected chi connectivity index (χ4v) is 3.51. The largest absolute Gasteiger partial charge is 0.481 e. The van der Waals surface area contributed by atoms with E-state index in [2.05, 4.69) is 0 Å². The number of alkyl halides is 1. The molecule has 112 valence electrons. The third kappa shape index (κ3) is 2.41. The molecule has 4 nitrogen and oxygen atoms in total. The zero-order chi connectivity index (χ0) is 15.0. The lowest BCUT2D eigenvalue weighted by Gasteiger charge is -2.44. The Hall–Kier alpha value is -1.91. The van der Waals surface area contributed by atoms with Crippen molar-refractivity contribution in [1.29, 1.82) is 0 Å².